The molecule has 0 aliphatic heterocycles. The van der Waals surface area contributed by atoms with Crippen LogP contribution in [0.5, 0.6) is 11.5 Å². The molecule has 158 valence electrons. The van der Waals surface area contributed by atoms with Crippen molar-refractivity contribution in [1.29, 1.82) is 0 Å². The number of ether oxygens (including phenoxy) is 2. The van der Waals surface area contributed by atoms with E-state index in [0.29, 0.717) is 11.5 Å². The fourth-order valence-corrected chi connectivity index (χ4v) is 4.61. The number of hydrogen-bond donors (Lipinski definition) is 0. The number of benzene rings is 3. The van der Waals surface area contributed by atoms with Crippen molar-refractivity contribution in [3.05, 3.63) is 118 Å². The number of nitro groups is 1. The van der Waals surface area contributed by atoms with Gasteiger partial charge in [-0.2, -0.15) is 0 Å². The third-order valence-corrected chi connectivity index (χ3v) is 6.05. The zero-order chi connectivity index (χ0) is 21.8. The molecular formula is C26H25NO4. The van der Waals surface area contributed by atoms with Crippen LogP contribution in [0.25, 0.3) is 0 Å². The van der Waals surface area contributed by atoms with Crippen molar-refractivity contribution in [3.8, 4) is 11.5 Å². The zero-order valence-electron chi connectivity index (χ0n) is 17.5. The van der Waals surface area contributed by atoms with E-state index in [-0.39, 0.29) is 22.7 Å². The van der Waals surface area contributed by atoms with Gasteiger partial charge in [0.15, 0.2) is 11.5 Å². The Morgan fingerprint density at radius 2 is 1.26 bits per heavy atom. The lowest BCUT2D eigenvalue weighted by atomic mass is 9.68. The number of nitrogens with zero attached hydrogens (tertiary/aromatic N) is 1. The molecule has 3 aromatic rings. The molecule has 0 radical (unpaired) electrons. The fourth-order valence-electron chi connectivity index (χ4n) is 4.61. The summed E-state index contributed by atoms with van der Waals surface area (Å²) in [5.41, 5.74) is 2.85. The largest absolute Gasteiger partial charge is 0.493 e. The third-order valence-electron chi connectivity index (χ3n) is 6.05. The van der Waals surface area contributed by atoms with Crippen LogP contribution in [0.3, 0.4) is 0 Å². The highest BCUT2D eigenvalue weighted by molar-refractivity contribution is 5.47. The van der Waals surface area contributed by atoms with Gasteiger partial charge in [0.1, 0.15) is 0 Å². The Kier molecular flexibility index (Phi) is 6.03. The molecule has 0 saturated carbocycles. The summed E-state index contributed by atoms with van der Waals surface area (Å²) in [5.74, 6) is 0.349. The lowest BCUT2D eigenvalue weighted by molar-refractivity contribution is -0.530. The van der Waals surface area contributed by atoms with Crippen LogP contribution in [0.1, 0.15) is 34.4 Å². The monoisotopic (exact) mass is 415 g/mol. The molecule has 3 aromatic carbocycles. The second kappa shape index (κ2) is 9.04. The molecule has 0 fully saturated rings. The number of hydrogen-bond acceptors (Lipinski definition) is 4. The molecule has 4 rings (SSSR count). The van der Waals surface area contributed by atoms with E-state index in [1.54, 1.807) is 14.2 Å². The highest BCUT2D eigenvalue weighted by Gasteiger charge is 2.46. The van der Waals surface area contributed by atoms with Crippen LogP contribution in [0.15, 0.2) is 91.0 Å². The van der Waals surface area contributed by atoms with E-state index in [0.717, 1.165) is 16.7 Å². The first-order valence-corrected chi connectivity index (χ1v) is 10.3. The molecule has 0 aromatic heterocycles. The Morgan fingerprint density at radius 3 is 1.81 bits per heavy atom. The smallest absolute Gasteiger partial charge is 0.230 e. The average Bonchev–Trinajstić information content (AvgIpc) is 2.83. The van der Waals surface area contributed by atoms with Gasteiger partial charge < -0.3 is 9.47 Å². The quantitative estimate of drug-likeness (QED) is 0.300. The summed E-state index contributed by atoms with van der Waals surface area (Å²) in [6, 6.07) is 24.4. The van der Waals surface area contributed by atoms with Crippen LogP contribution < -0.4 is 9.47 Å². The topological polar surface area (TPSA) is 61.6 Å². The molecule has 0 amide bonds. The van der Waals surface area contributed by atoms with Crippen molar-refractivity contribution in [2.75, 3.05) is 14.2 Å². The van der Waals surface area contributed by atoms with Crippen molar-refractivity contribution >= 4 is 0 Å². The lowest BCUT2D eigenvalue weighted by Gasteiger charge is -2.35. The molecule has 4 atom stereocenters. The summed E-state index contributed by atoms with van der Waals surface area (Å²) in [7, 11) is 3.16. The van der Waals surface area contributed by atoms with Crippen molar-refractivity contribution in [2.45, 2.75) is 23.8 Å². The summed E-state index contributed by atoms with van der Waals surface area (Å²) in [5, 5.41) is 12.5. The van der Waals surface area contributed by atoms with Gasteiger partial charge in [-0.1, -0.05) is 78.9 Å². The first-order chi connectivity index (χ1) is 15.1. The molecule has 31 heavy (non-hydrogen) atoms. The Morgan fingerprint density at radius 1 is 0.710 bits per heavy atom. The summed E-state index contributed by atoms with van der Waals surface area (Å²) < 4.78 is 10.9. The van der Waals surface area contributed by atoms with E-state index in [2.05, 4.69) is 6.08 Å². The predicted octanol–water partition coefficient (Wildman–Crippen LogP) is 5.57. The highest BCUT2D eigenvalue weighted by Crippen LogP contribution is 2.48. The summed E-state index contributed by atoms with van der Waals surface area (Å²) in [4.78, 5) is 12.4. The van der Waals surface area contributed by atoms with E-state index >= 15 is 0 Å². The standard InChI is InChI=1S/C26H25NO4/c1-30-23-16-13-20(17-24(23)31-2)25-21(18-9-5-3-6-10-18)14-15-22(26(25)27(28)29)19-11-7-4-8-12-19/h3-17,21-22,25-26H,1-2H3. The Balaban J connectivity index is 1.89. The fraction of sp³-hybridized carbons (Fsp3) is 0.231. The Bertz CT molecular complexity index is 1070. The highest BCUT2D eigenvalue weighted by atomic mass is 16.6. The molecule has 1 aliphatic carbocycles. The van der Waals surface area contributed by atoms with E-state index in [4.69, 9.17) is 9.47 Å². The molecule has 0 saturated heterocycles. The number of rotatable bonds is 6. The van der Waals surface area contributed by atoms with Gasteiger partial charge in [0, 0.05) is 10.8 Å². The molecule has 0 heterocycles. The van der Waals surface area contributed by atoms with Crippen LogP contribution in [0.2, 0.25) is 0 Å². The van der Waals surface area contributed by atoms with Crippen molar-refractivity contribution in [1.82, 2.24) is 0 Å². The number of allylic oxidation sites excluding steroid dienone is 1. The van der Waals surface area contributed by atoms with E-state index in [1.807, 2.05) is 84.9 Å². The van der Waals surface area contributed by atoms with Gasteiger partial charge in [-0.05, 0) is 28.8 Å². The minimum Gasteiger partial charge on any atom is -0.493 e. The van der Waals surface area contributed by atoms with Crippen molar-refractivity contribution in [2.24, 2.45) is 0 Å². The van der Waals surface area contributed by atoms with Gasteiger partial charge >= 0.3 is 0 Å². The molecule has 5 nitrogen and oxygen atoms in total. The van der Waals surface area contributed by atoms with Gasteiger partial charge in [-0.3, -0.25) is 10.1 Å². The van der Waals surface area contributed by atoms with E-state index in [1.165, 1.54) is 0 Å². The van der Waals surface area contributed by atoms with Gasteiger partial charge in [-0.15, -0.1) is 0 Å². The SMILES string of the molecule is COc1ccc(C2C(c3ccccc3)C=CC(c3ccccc3)C2[N+](=O)[O-])cc1OC. The summed E-state index contributed by atoms with van der Waals surface area (Å²) >= 11 is 0. The second-order valence-electron chi connectivity index (χ2n) is 7.67. The minimum absolute atomic E-state index is 0.127. The minimum atomic E-state index is -0.823. The first kappa shape index (κ1) is 20.7. The van der Waals surface area contributed by atoms with Crippen LogP contribution in [-0.4, -0.2) is 25.2 Å². The molecule has 1 aliphatic rings. The second-order valence-corrected chi connectivity index (χ2v) is 7.67. The van der Waals surface area contributed by atoms with Crippen LogP contribution in [-0.2, 0) is 0 Å². The molecule has 0 bridgehead atoms. The third kappa shape index (κ3) is 4.04. The normalized spacial score (nSPS) is 22.6. The first-order valence-electron chi connectivity index (χ1n) is 10.3. The van der Waals surface area contributed by atoms with E-state index in [9.17, 15) is 10.1 Å². The van der Waals surface area contributed by atoms with Gasteiger partial charge in [-0.25, -0.2) is 0 Å². The van der Waals surface area contributed by atoms with Gasteiger partial charge in [0.25, 0.3) is 0 Å². The maximum Gasteiger partial charge on any atom is 0.230 e. The molecule has 5 heteroatoms. The predicted molar refractivity (Wildman–Crippen MR) is 121 cm³/mol. The lowest BCUT2D eigenvalue weighted by Crippen LogP contribution is -2.38. The Labute approximate surface area is 182 Å². The maximum atomic E-state index is 12.5. The molecule has 4 unspecified atom stereocenters. The van der Waals surface area contributed by atoms with Crippen molar-refractivity contribution < 1.29 is 14.4 Å². The van der Waals surface area contributed by atoms with Gasteiger partial charge in [0.05, 0.1) is 26.1 Å². The molecular weight excluding hydrogens is 390 g/mol. The van der Waals surface area contributed by atoms with Crippen molar-refractivity contribution in [3.63, 3.8) is 0 Å². The Hall–Kier alpha value is -3.60. The number of methoxy groups -OCH3 is 2. The molecule has 0 spiro atoms. The maximum absolute atomic E-state index is 12.5. The average molecular weight is 415 g/mol. The van der Waals surface area contributed by atoms with E-state index < -0.39 is 6.04 Å². The van der Waals surface area contributed by atoms with Crippen LogP contribution in [0, 0.1) is 10.1 Å². The summed E-state index contributed by atoms with van der Waals surface area (Å²) in [6.45, 7) is 0. The van der Waals surface area contributed by atoms with Crippen LogP contribution >= 0.6 is 0 Å². The van der Waals surface area contributed by atoms with Crippen LogP contribution in [0.4, 0.5) is 0 Å². The zero-order valence-corrected chi connectivity index (χ0v) is 17.5. The van der Waals surface area contributed by atoms with Gasteiger partial charge in [0.2, 0.25) is 6.04 Å². The molecule has 0 N–H and O–H groups in total. The summed E-state index contributed by atoms with van der Waals surface area (Å²) in [6.07, 6.45) is 4.12.